The fourth-order valence-electron chi connectivity index (χ4n) is 4.38. The second-order valence-electron chi connectivity index (χ2n) is 9.48. The van der Waals surface area contributed by atoms with Crippen molar-refractivity contribution >= 4 is 28.3 Å². The van der Waals surface area contributed by atoms with E-state index in [1.54, 1.807) is 48.8 Å². The number of nitriles is 1. The Bertz CT molecular complexity index is 1540. The first-order valence-electron chi connectivity index (χ1n) is 12.0. The molecule has 2 aromatic heterocycles. The third-order valence-corrected chi connectivity index (χ3v) is 6.66. The molecule has 1 aliphatic carbocycles. The van der Waals surface area contributed by atoms with Crippen molar-refractivity contribution < 1.29 is 4.79 Å². The fraction of sp³-hybridized carbons (Fsp3) is 0.241. The van der Waals surface area contributed by atoms with E-state index in [1.165, 1.54) is 0 Å². The number of aryl methyl sites for hydroxylation is 1. The van der Waals surface area contributed by atoms with E-state index in [1.807, 2.05) is 36.4 Å². The van der Waals surface area contributed by atoms with Gasteiger partial charge in [-0.2, -0.15) is 5.26 Å². The molecule has 0 atom stereocenters. The zero-order valence-corrected chi connectivity index (χ0v) is 20.6. The van der Waals surface area contributed by atoms with E-state index in [2.05, 4.69) is 28.1 Å². The molecular weight excluding hydrogens is 450 g/mol. The Hall–Kier alpha value is -4.44. The molecule has 4 aromatic rings. The van der Waals surface area contributed by atoms with Crippen LogP contribution in [0.2, 0.25) is 0 Å². The molecule has 0 spiro atoms. The Balaban J connectivity index is 1.54. The smallest absolute Gasteiger partial charge is 0.253 e. The molecule has 0 bridgehead atoms. The second-order valence-corrected chi connectivity index (χ2v) is 9.48. The van der Waals surface area contributed by atoms with Gasteiger partial charge in [-0.1, -0.05) is 24.3 Å². The Morgan fingerprint density at radius 1 is 1.03 bits per heavy atom. The highest BCUT2D eigenvalue weighted by molar-refractivity contribution is 5.94. The molecule has 5 rings (SSSR count). The van der Waals surface area contributed by atoms with Crippen LogP contribution in [0.5, 0.6) is 0 Å². The van der Waals surface area contributed by atoms with Gasteiger partial charge in [0.25, 0.3) is 11.5 Å². The first kappa shape index (κ1) is 23.3. The molecule has 2 aromatic carbocycles. The molecule has 7 nitrogen and oxygen atoms in total. The molecule has 1 fully saturated rings. The lowest BCUT2D eigenvalue weighted by atomic mass is 10.0. The highest BCUT2D eigenvalue weighted by Gasteiger charge is 2.27. The lowest BCUT2D eigenvalue weighted by Gasteiger charge is -2.26. The van der Waals surface area contributed by atoms with Gasteiger partial charge in [-0.05, 0) is 66.3 Å². The summed E-state index contributed by atoms with van der Waals surface area (Å²) in [5.41, 5.74) is 5.92. The van der Waals surface area contributed by atoms with Gasteiger partial charge in [0.1, 0.15) is 17.3 Å². The van der Waals surface area contributed by atoms with Crippen molar-refractivity contribution in [3.63, 3.8) is 0 Å². The molecule has 180 valence electrons. The van der Waals surface area contributed by atoms with Crippen molar-refractivity contribution in [2.24, 2.45) is 13.0 Å². The van der Waals surface area contributed by atoms with E-state index in [-0.39, 0.29) is 11.5 Å². The van der Waals surface area contributed by atoms with Gasteiger partial charge >= 0.3 is 0 Å². The molecule has 1 saturated carbocycles. The summed E-state index contributed by atoms with van der Waals surface area (Å²) in [4.78, 5) is 33.3. The maximum atomic E-state index is 12.8. The van der Waals surface area contributed by atoms with Gasteiger partial charge < -0.3 is 14.4 Å². The summed E-state index contributed by atoms with van der Waals surface area (Å²) in [6, 6.07) is 23.0. The topological polar surface area (TPSA) is 82.2 Å². The SMILES string of the molecule is CN(C)C(=O)c1ccc(-c2ccc(N(CC3CC3)c3cc(=O)n(C)c4ccc(C#N)nc34)cc2)cc1. The van der Waals surface area contributed by atoms with Gasteiger partial charge in [0, 0.05) is 45.0 Å². The predicted octanol–water partition coefficient (Wildman–Crippen LogP) is 4.72. The number of aromatic nitrogens is 2. The number of hydrogen-bond donors (Lipinski definition) is 0. The maximum Gasteiger partial charge on any atom is 0.253 e. The standard InChI is InChI=1S/C29H27N5O2/c1-32(2)29(36)22-8-6-20(7-9-22)21-10-13-24(14-11-21)34(18-19-4-5-19)26-16-27(35)33(3)25-15-12-23(17-30)31-28(25)26/h6-16,19H,4-5,18H2,1-3H3. The molecule has 0 radical (unpaired) electrons. The molecule has 0 aliphatic heterocycles. The minimum Gasteiger partial charge on any atom is -0.345 e. The van der Waals surface area contributed by atoms with Crippen LogP contribution >= 0.6 is 0 Å². The van der Waals surface area contributed by atoms with Crippen molar-refractivity contribution in [3.8, 4) is 17.2 Å². The zero-order chi connectivity index (χ0) is 25.4. The summed E-state index contributed by atoms with van der Waals surface area (Å²) in [5, 5.41) is 9.42. The van der Waals surface area contributed by atoms with Gasteiger partial charge in [-0.3, -0.25) is 9.59 Å². The number of fused-ring (bicyclic) bond motifs is 1. The predicted molar refractivity (Wildman–Crippen MR) is 141 cm³/mol. The molecule has 0 N–H and O–H groups in total. The van der Waals surface area contributed by atoms with Crippen molar-refractivity contribution in [2.75, 3.05) is 25.5 Å². The van der Waals surface area contributed by atoms with E-state index >= 15 is 0 Å². The third-order valence-electron chi connectivity index (χ3n) is 6.66. The van der Waals surface area contributed by atoms with Crippen LogP contribution in [-0.4, -0.2) is 41.0 Å². The maximum absolute atomic E-state index is 12.8. The van der Waals surface area contributed by atoms with Crippen molar-refractivity contribution in [3.05, 3.63) is 88.3 Å². The van der Waals surface area contributed by atoms with Crippen molar-refractivity contribution in [1.82, 2.24) is 14.5 Å². The first-order chi connectivity index (χ1) is 17.4. The number of hydrogen-bond acceptors (Lipinski definition) is 5. The Morgan fingerprint density at radius 3 is 2.25 bits per heavy atom. The molecule has 36 heavy (non-hydrogen) atoms. The molecule has 0 unspecified atom stereocenters. The Kier molecular flexibility index (Phi) is 6.03. The van der Waals surface area contributed by atoms with Crippen LogP contribution in [-0.2, 0) is 7.05 Å². The summed E-state index contributed by atoms with van der Waals surface area (Å²) in [7, 11) is 5.20. The highest BCUT2D eigenvalue weighted by Crippen LogP contribution is 2.37. The second kappa shape index (κ2) is 9.31. The average Bonchev–Trinajstić information content (AvgIpc) is 3.73. The van der Waals surface area contributed by atoms with Crippen LogP contribution in [0.3, 0.4) is 0 Å². The fourth-order valence-corrected chi connectivity index (χ4v) is 4.38. The van der Waals surface area contributed by atoms with E-state index in [4.69, 9.17) is 0 Å². The number of carbonyl (C=O) groups excluding carboxylic acids is 1. The number of anilines is 2. The van der Waals surface area contributed by atoms with Crippen molar-refractivity contribution in [1.29, 1.82) is 5.26 Å². The summed E-state index contributed by atoms with van der Waals surface area (Å²) in [6.45, 7) is 0.779. The van der Waals surface area contributed by atoms with E-state index in [0.717, 1.165) is 41.9 Å². The van der Waals surface area contributed by atoms with Gasteiger partial charge in [0.05, 0.1) is 11.2 Å². The number of rotatable bonds is 6. The third kappa shape index (κ3) is 4.46. The average molecular weight is 478 g/mol. The zero-order valence-electron chi connectivity index (χ0n) is 20.6. The van der Waals surface area contributed by atoms with Crippen LogP contribution in [0.1, 0.15) is 28.9 Å². The van der Waals surface area contributed by atoms with E-state index in [0.29, 0.717) is 28.2 Å². The number of benzene rings is 2. The van der Waals surface area contributed by atoms with Crippen LogP contribution in [0.15, 0.2) is 71.5 Å². The van der Waals surface area contributed by atoms with Gasteiger partial charge in [-0.15, -0.1) is 0 Å². The normalized spacial score (nSPS) is 12.8. The van der Waals surface area contributed by atoms with Gasteiger partial charge in [0.15, 0.2) is 0 Å². The molecule has 1 amide bonds. The Labute approximate surface area is 209 Å². The van der Waals surface area contributed by atoms with Crippen LogP contribution in [0.25, 0.3) is 22.2 Å². The summed E-state index contributed by atoms with van der Waals surface area (Å²) in [6.07, 6.45) is 2.32. The largest absolute Gasteiger partial charge is 0.345 e. The minimum absolute atomic E-state index is 0.0259. The molecule has 2 heterocycles. The number of carbonyl (C=O) groups is 1. The summed E-state index contributed by atoms with van der Waals surface area (Å²) >= 11 is 0. The number of nitrogens with zero attached hydrogens (tertiary/aromatic N) is 5. The highest BCUT2D eigenvalue weighted by atomic mass is 16.2. The van der Waals surface area contributed by atoms with Gasteiger partial charge in [-0.25, -0.2) is 4.98 Å². The molecule has 0 saturated heterocycles. The lowest BCUT2D eigenvalue weighted by Crippen LogP contribution is -2.25. The first-order valence-corrected chi connectivity index (χ1v) is 12.0. The number of amides is 1. The van der Waals surface area contributed by atoms with E-state index < -0.39 is 0 Å². The summed E-state index contributed by atoms with van der Waals surface area (Å²) < 4.78 is 1.57. The quantitative estimate of drug-likeness (QED) is 0.401. The van der Waals surface area contributed by atoms with E-state index in [9.17, 15) is 14.9 Å². The molecular formula is C29H27N5O2. The minimum atomic E-state index is -0.117. The lowest BCUT2D eigenvalue weighted by molar-refractivity contribution is 0.0827. The monoisotopic (exact) mass is 477 g/mol. The Morgan fingerprint density at radius 2 is 1.67 bits per heavy atom. The van der Waals surface area contributed by atoms with Crippen LogP contribution in [0.4, 0.5) is 11.4 Å². The van der Waals surface area contributed by atoms with Gasteiger partial charge in [0.2, 0.25) is 0 Å². The van der Waals surface area contributed by atoms with Crippen LogP contribution < -0.4 is 10.5 Å². The summed E-state index contributed by atoms with van der Waals surface area (Å²) in [5.74, 6) is 0.534. The van der Waals surface area contributed by atoms with Crippen LogP contribution in [0, 0.1) is 17.2 Å². The molecule has 1 aliphatic rings. The number of pyridine rings is 2. The molecule has 7 heteroatoms. The van der Waals surface area contributed by atoms with Crippen molar-refractivity contribution in [2.45, 2.75) is 12.8 Å².